The summed E-state index contributed by atoms with van der Waals surface area (Å²) in [4.78, 5) is 17.8. The fraction of sp³-hybridized carbons (Fsp3) is 0.556. The normalized spacial score (nSPS) is 16.8. The Morgan fingerprint density at radius 3 is 2.92 bits per heavy atom. The third-order valence-corrected chi connectivity index (χ3v) is 5.82. The summed E-state index contributed by atoms with van der Waals surface area (Å²) < 4.78 is 8.56. The molecule has 24 heavy (non-hydrogen) atoms. The van der Waals surface area contributed by atoms with Gasteiger partial charge in [-0.15, -0.1) is 0 Å². The number of halogens is 1. The van der Waals surface area contributed by atoms with Crippen LogP contribution in [0.5, 0.6) is 0 Å². The summed E-state index contributed by atoms with van der Waals surface area (Å²) >= 11 is 7.92. The number of fused-ring (bicyclic) bond motifs is 1. The average Bonchev–Trinajstić information content (AvgIpc) is 2.94. The van der Waals surface area contributed by atoms with Crippen LogP contribution in [0.4, 0.5) is 0 Å². The van der Waals surface area contributed by atoms with Crippen LogP contribution in [-0.2, 0) is 16.1 Å². The van der Waals surface area contributed by atoms with Crippen molar-refractivity contribution in [1.29, 1.82) is 0 Å². The predicted molar refractivity (Wildman–Crippen MR) is 98.5 cm³/mol. The van der Waals surface area contributed by atoms with Crippen molar-refractivity contribution in [3.63, 3.8) is 0 Å². The highest BCUT2D eigenvalue weighted by Crippen LogP contribution is 2.27. The molecule has 0 atom stereocenters. The minimum absolute atomic E-state index is 0.0162. The number of benzene rings is 1. The molecule has 0 spiro atoms. The van der Waals surface area contributed by atoms with E-state index in [0.29, 0.717) is 24.8 Å². The molecule has 1 aromatic carbocycles. The minimum Gasteiger partial charge on any atom is -0.380 e. The van der Waals surface area contributed by atoms with E-state index in [2.05, 4.69) is 4.99 Å². The molecule has 0 saturated heterocycles. The number of carbonyl (C=O) groups is 1. The molecule has 0 N–H and O–H groups in total. The Balaban J connectivity index is 1.98. The Bertz CT molecular complexity index is 775. The lowest BCUT2D eigenvalue weighted by atomic mass is 9.89. The Labute approximate surface area is 151 Å². The average molecular weight is 367 g/mol. The highest BCUT2D eigenvalue weighted by Gasteiger charge is 2.21. The van der Waals surface area contributed by atoms with Gasteiger partial charge in [0.1, 0.15) is 0 Å². The number of amides is 1. The summed E-state index contributed by atoms with van der Waals surface area (Å²) in [6, 6.07) is 5.83. The van der Waals surface area contributed by atoms with Crippen molar-refractivity contribution in [2.45, 2.75) is 45.6 Å². The maximum absolute atomic E-state index is 12.6. The monoisotopic (exact) mass is 366 g/mol. The van der Waals surface area contributed by atoms with Crippen molar-refractivity contribution < 1.29 is 9.53 Å². The lowest BCUT2D eigenvalue weighted by molar-refractivity contribution is -0.122. The van der Waals surface area contributed by atoms with Crippen molar-refractivity contribution in [3.8, 4) is 0 Å². The van der Waals surface area contributed by atoms with E-state index in [0.717, 1.165) is 40.7 Å². The van der Waals surface area contributed by atoms with Crippen LogP contribution in [0.1, 0.15) is 39.0 Å². The largest absolute Gasteiger partial charge is 0.380 e. The molecule has 2 aromatic rings. The third kappa shape index (κ3) is 3.90. The number of ether oxygens (including phenoxy) is 1. The van der Waals surface area contributed by atoms with Gasteiger partial charge in [0.25, 0.3) is 5.91 Å². The molecular weight excluding hydrogens is 344 g/mol. The van der Waals surface area contributed by atoms with E-state index in [1.807, 2.05) is 29.7 Å². The van der Waals surface area contributed by atoms with Gasteiger partial charge < -0.3 is 9.30 Å². The molecule has 1 fully saturated rings. The van der Waals surface area contributed by atoms with E-state index in [4.69, 9.17) is 16.3 Å². The van der Waals surface area contributed by atoms with Crippen LogP contribution in [0.15, 0.2) is 23.2 Å². The molecule has 0 radical (unpaired) electrons. The standard InChI is InChI=1S/C18H23ClN2O2S/c1-2-23-12-11-21-16-14(19)9-6-10-15(16)24-18(21)20-17(22)13-7-4-3-5-8-13/h6,9-10,13H,2-5,7-8,11-12H2,1H3. The zero-order valence-electron chi connectivity index (χ0n) is 14.0. The number of hydrogen-bond donors (Lipinski definition) is 0. The first-order chi connectivity index (χ1) is 11.7. The summed E-state index contributed by atoms with van der Waals surface area (Å²) in [5, 5.41) is 0.687. The second-order valence-electron chi connectivity index (χ2n) is 6.10. The highest BCUT2D eigenvalue weighted by molar-refractivity contribution is 7.16. The van der Waals surface area contributed by atoms with Crippen molar-refractivity contribution in [2.75, 3.05) is 13.2 Å². The first-order valence-electron chi connectivity index (χ1n) is 8.65. The zero-order chi connectivity index (χ0) is 16.9. The van der Waals surface area contributed by atoms with Gasteiger partial charge in [-0.05, 0) is 31.9 Å². The van der Waals surface area contributed by atoms with Crippen molar-refractivity contribution in [3.05, 3.63) is 28.0 Å². The molecule has 1 saturated carbocycles. The van der Waals surface area contributed by atoms with Gasteiger partial charge in [-0.2, -0.15) is 4.99 Å². The molecule has 0 aliphatic heterocycles. The van der Waals surface area contributed by atoms with Gasteiger partial charge in [-0.1, -0.05) is 48.3 Å². The van der Waals surface area contributed by atoms with Gasteiger partial charge >= 0.3 is 0 Å². The van der Waals surface area contributed by atoms with E-state index < -0.39 is 0 Å². The Hall–Kier alpha value is -1.17. The van der Waals surface area contributed by atoms with Crippen LogP contribution < -0.4 is 4.80 Å². The molecule has 1 amide bonds. The van der Waals surface area contributed by atoms with Crippen LogP contribution in [0, 0.1) is 5.92 Å². The van der Waals surface area contributed by atoms with E-state index >= 15 is 0 Å². The fourth-order valence-electron chi connectivity index (χ4n) is 3.21. The summed E-state index contributed by atoms with van der Waals surface area (Å²) in [6.45, 7) is 3.87. The first kappa shape index (κ1) is 17.6. The minimum atomic E-state index is 0.0162. The molecule has 6 heteroatoms. The summed E-state index contributed by atoms with van der Waals surface area (Å²) in [5.74, 6) is 0.0994. The Morgan fingerprint density at radius 2 is 2.17 bits per heavy atom. The van der Waals surface area contributed by atoms with Crippen LogP contribution in [0.25, 0.3) is 10.2 Å². The van der Waals surface area contributed by atoms with E-state index in [9.17, 15) is 4.79 Å². The topological polar surface area (TPSA) is 43.6 Å². The van der Waals surface area contributed by atoms with E-state index in [-0.39, 0.29) is 11.8 Å². The van der Waals surface area contributed by atoms with E-state index in [1.165, 1.54) is 17.8 Å². The quantitative estimate of drug-likeness (QED) is 0.736. The molecule has 1 aromatic heterocycles. The number of carbonyl (C=O) groups excluding carboxylic acids is 1. The van der Waals surface area contributed by atoms with Gasteiger partial charge in [0.2, 0.25) is 0 Å². The number of aromatic nitrogens is 1. The number of hydrogen-bond acceptors (Lipinski definition) is 3. The van der Waals surface area contributed by atoms with E-state index in [1.54, 1.807) is 0 Å². The highest BCUT2D eigenvalue weighted by atomic mass is 35.5. The molecule has 3 rings (SSSR count). The molecule has 4 nitrogen and oxygen atoms in total. The first-order valence-corrected chi connectivity index (χ1v) is 9.84. The molecule has 1 aliphatic carbocycles. The maximum Gasteiger partial charge on any atom is 0.251 e. The number of nitrogens with zero attached hydrogens (tertiary/aromatic N) is 2. The lowest BCUT2D eigenvalue weighted by Gasteiger charge is -2.17. The van der Waals surface area contributed by atoms with Gasteiger partial charge in [0, 0.05) is 19.1 Å². The number of rotatable bonds is 5. The van der Waals surface area contributed by atoms with Crippen LogP contribution in [0.2, 0.25) is 5.02 Å². The molecular formula is C18H23ClN2O2S. The molecule has 0 bridgehead atoms. The van der Waals surface area contributed by atoms with Crippen LogP contribution >= 0.6 is 22.9 Å². The van der Waals surface area contributed by atoms with Crippen molar-refractivity contribution >= 4 is 39.1 Å². The second kappa shape index (κ2) is 8.28. The smallest absolute Gasteiger partial charge is 0.251 e. The summed E-state index contributed by atoms with van der Waals surface area (Å²) in [7, 11) is 0. The van der Waals surface area contributed by atoms with Gasteiger partial charge in [-0.25, -0.2) is 0 Å². The van der Waals surface area contributed by atoms with Crippen LogP contribution in [-0.4, -0.2) is 23.7 Å². The predicted octanol–water partition coefficient (Wildman–Crippen LogP) is 4.40. The second-order valence-corrected chi connectivity index (χ2v) is 7.52. The lowest BCUT2D eigenvalue weighted by Crippen LogP contribution is -2.23. The molecule has 130 valence electrons. The Morgan fingerprint density at radius 1 is 1.38 bits per heavy atom. The van der Waals surface area contributed by atoms with Gasteiger partial charge in [0.05, 0.1) is 21.8 Å². The number of thiazole rings is 1. The summed E-state index contributed by atoms with van der Waals surface area (Å²) in [6.07, 6.45) is 5.43. The number of para-hydroxylation sites is 1. The summed E-state index contributed by atoms with van der Waals surface area (Å²) in [5.41, 5.74) is 0.944. The Kier molecular flexibility index (Phi) is 6.09. The zero-order valence-corrected chi connectivity index (χ0v) is 15.5. The molecule has 1 heterocycles. The molecule has 1 aliphatic rings. The van der Waals surface area contributed by atoms with Crippen LogP contribution in [0.3, 0.4) is 0 Å². The SMILES string of the molecule is CCOCCn1c(=NC(=O)C2CCCCC2)sc2cccc(Cl)c21. The van der Waals surface area contributed by atoms with Crippen molar-refractivity contribution in [2.24, 2.45) is 10.9 Å². The molecule has 0 unspecified atom stereocenters. The maximum atomic E-state index is 12.6. The van der Waals surface area contributed by atoms with Crippen molar-refractivity contribution in [1.82, 2.24) is 4.57 Å². The van der Waals surface area contributed by atoms with Gasteiger partial charge in [0.15, 0.2) is 4.80 Å². The fourth-order valence-corrected chi connectivity index (χ4v) is 4.64. The third-order valence-electron chi connectivity index (χ3n) is 4.48. The van der Waals surface area contributed by atoms with Gasteiger partial charge in [-0.3, -0.25) is 4.79 Å².